The number of rotatable bonds is 3. The molecule has 0 radical (unpaired) electrons. The Bertz CT molecular complexity index is 532. The first kappa shape index (κ1) is 11.4. The molecule has 0 heterocycles. The van der Waals surface area contributed by atoms with Crippen LogP contribution in [0.25, 0.3) is 11.1 Å². The molecule has 17 heavy (non-hydrogen) atoms. The molecule has 0 bridgehead atoms. The summed E-state index contributed by atoms with van der Waals surface area (Å²) in [6.07, 6.45) is 0.880. The molecule has 0 aliphatic carbocycles. The number of hydrogen-bond donors (Lipinski definition) is 1. The van der Waals surface area contributed by atoms with Gasteiger partial charge in [-0.3, -0.25) is 4.79 Å². The van der Waals surface area contributed by atoms with E-state index in [2.05, 4.69) is 19.1 Å². The lowest BCUT2D eigenvalue weighted by atomic mass is 9.96. The number of primary amides is 1. The fraction of sp³-hybridized carbons (Fsp3) is 0.133. The summed E-state index contributed by atoms with van der Waals surface area (Å²) >= 11 is 0. The van der Waals surface area contributed by atoms with Crippen molar-refractivity contribution in [3.8, 4) is 11.1 Å². The van der Waals surface area contributed by atoms with Gasteiger partial charge in [0.1, 0.15) is 0 Å². The molecule has 0 saturated carbocycles. The van der Waals surface area contributed by atoms with Gasteiger partial charge in [0.25, 0.3) is 0 Å². The summed E-state index contributed by atoms with van der Waals surface area (Å²) in [7, 11) is 0. The van der Waals surface area contributed by atoms with E-state index in [1.165, 1.54) is 5.56 Å². The summed E-state index contributed by atoms with van der Waals surface area (Å²) in [5, 5.41) is 0. The molecule has 0 unspecified atom stereocenters. The minimum absolute atomic E-state index is 0.376. The van der Waals surface area contributed by atoms with Gasteiger partial charge in [0.15, 0.2) is 0 Å². The van der Waals surface area contributed by atoms with Crippen LogP contribution in [0.3, 0.4) is 0 Å². The van der Waals surface area contributed by atoms with Gasteiger partial charge in [0.05, 0.1) is 0 Å². The van der Waals surface area contributed by atoms with Gasteiger partial charge in [-0.1, -0.05) is 43.3 Å². The SMILES string of the molecule is CCc1cc(C(N)=O)ccc1-c1ccccc1. The molecule has 86 valence electrons. The smallest absolute Gasteiger partial charge is 0.248 e. The van der Waals surface area contributed by atoms with Crippen LogP contribution in [0.5, 0.6) is 0 Å². The number of carbonyl (C=O) groups is 1. The predicted molar refractivity (Wildman–Crippen MR) is 69.8 cm³/mol. The molecule has 0 aliphatic heterocycles. The van der Waals surface area contributed by atoms with Crippen molar-refractivity contribution in [1.82, 2.24) is 0 Å². The summed E-state index contributed by atoms with van der Waals surface area (Å²) in [4.78, 5) is 11.1. The largest absolute Gasteiger partial charge is 0.366 e. The van der Waals surface area contributed by atoms with Crippen LogP contribution in [-0.4, -0.2) is 5.91 Å². The quantitative estimate of drug-likeness (QED) is 0.857. The van der Waals surface area contributed by atoms with Crippen LogP contribution in [-0.2, 0) is 6.42 Å². The van der Waals surface area contributed by atoms with Crippen LogP contribution < -0.4 is 5.73 Å². The van der Waals surface area contributed by atoms with Crippen LogP contribution >= 0.6 is 0 Å². The fourth-order valence-electron chi connectivity index (χ4n) is 1.94. The molecular weight excluding hydrogens is 210 g/mol. The Kier molecular flexibility index (Phi) is 3.24. The van der Waals surface area contributed by atoms with E-state index < -0.39 is 0 Å². The molecule has 2 aromatic rings. The van der Waals surface area contributed by atoms with Crippen molar-refractivity contribution in [3.63, 3.8) is 0 Å². The third-order valence-corrected chi connectivity index (χ3v) is 2.86. The highest BCUT2D eigenvalue weighted by Crippen LogP contribution is 2.24. The molecule has 0 aliphatic rings. The number of aryl methyl sites for hydroxylation is 1. The fourth-order valence-corrected chi connectivity index (χ4v) is 1.94. The van der Waals surface area contributed by atoms with Crippen LogP contribution in [0.15, 0.2) is 48.5 Å². The molecule has 0 saturated heterocycles. The van der Waals surface area contributed by atoms with Crippen molar-refractivity contribution in [1.29, 1.82) is 0 Å². The molecular formula is C15H15NO. The Labute approximate surface area is 101 Å². The second-order valence-corrected chi connectivity index (χ2v) is 3.96. The average molecular weight is 225 g/mol. The topological polar surface area (TPSA) is 43.1 Å². The molecule has 0 aromatic heterocycles. The Morgan fingerprint density at radius 1 is 1.12 bits per heavy atom. The second kappa shape index (κ2) is 4.83. The molecule has 2 N–H and O–H groups in total. The minimum Gasteiger partial charge on any atom is -0.366 e. The number of carbonyl (C=O) groups excluding carboxylic acids is 1. The molecule has 0 fully saturated rings. The van der Waals surface area contributed by atoms with Crippen molar-refractivity contribution < 1.29 is 4.79 Å². The van der Waals surface area contributed by atoms with E-state index in [9.17, 15) is 4.79 Å². The van der Waals surface area contributed by atoms with E-state index in [0.717, 1.165) is 17.5 Å². The van der Waals surface area contributed by atoms with Gasteiger partial charge >= 0.3 is 0 Å². The summed E-state index contributed by atoms with van der Waals surface area (Å²) < 4.78 is 0. The number of hydrogen-bond acceptors (Lipinski definition) is 1. The maximum absolute atomic E-state index is 11.1. The third kappa shape index (κ3) is 2.36. The molecule has 0 spiro atoms. The van der Waals surface area contributed by atoms with Gasteiger partial charge in [-0.05, 0) is 35.2 Å². The molecule has 1 amide bonds. The summed E-state index contributed by atoms with van der Waals surface area (Å²) in [6.45, 7) is 2.08. The Morgan fingerprint density at radius 2 is 1.82 bits per heavy atom. The van der Waals surface area contributed by atoms with E-state index in [4.69, 9.17) is 5.73 Å². The van der Waals surface area contributed by atoms with Crippen LogP contribution in [0.2, 0.25) is 0 Å². The van der Waals surface area contributed by atoms with E-state index >= 15 is 0 Å². The number of amides is 1. The van der Waals surface area contributed by atoms with Gasteiger partial charge in [-0.2, -0.15) is 0 Å². The van der Waals surface area contributed by atoms with E-state index in [-0.39, 0.29) is 5.91 Å². The normalized spacial score (nSPS) is 10.2. The summed E-state index contributed by atoms with van der Waals surface area (Å²) in [5.74, 6) is -0.376. The average Bonchev–Trinajstić information content (AvgIpc) is 2.39. The van der Waals surface area contributed by atoms with Crippen molar-refractivity contribution in [2.45, 2.75) is 13.3 Å². The van der Waals surface area contributed by atoms with Gasteiger partial charge < -0.3 is 5.73 Å². The summed E-state index contributed by atoms with van der Waals surface area (Å²) in [6, 6.07) is 15.8. The van der Waals surface area contributed by atoms with Crippen molar-refractivity contribution in [2.24, 2.45) is 5.73 Å². The van der Waals surface area contributed by atoms with Crippen LogP contribution in [0.4, 0.5) is 0 Å². The lowest BCUT2D eigenvalue weighted by molar-refractivity contribution is 0.1000. The number of nitrogens with two attached hydrogens (primary N) is 1. The first-order valence-electron chi connectivity index (χ1n) is 5.70. The highest BCUT2D eigenvalue weighted by atomic mass is 16.1. The van der Waals surface area contributed by atoms with Crippen molar-refractivity contribution in [3.05, 3.63) is 59.7 Å². The zero-order chi connectivity index (χ0) is 12.3. The zero-order valence-corrected chi connectivity index (χ0v) is 9.81. The Hall–Kier alpha value is -2.09. The van der Waals surface area contributed by atoms with Gasteiger partial charge in [-0.25, -0.2) is 0 Å². The standard InChI is InChI=1S/C15H15NO/c1-2-11-10-13(15(16)17)8-9-14(11)12-6-4-3-5-7-12/h3-10H,2H2,1H3,(H2,16,17). The maximum Gasteiger partial charge on any atom is 0.248 e. The van der Waals surface area contributed by atoms with Gasteiger partial charge in [0, 0.05) is 5.56 Å². The Morgan fingerprint density at radius 3 is 2.41 bits per heavy atom. The summed E-state index contributed by atoms with van der Waals surface area (Å²) in [5.41, 5.74) is 9.34. The monoisotopic (exact) mass is 225 g/mol. The Balaban J connectivity index is 2.52. The lowest BCUT2D eigenvalue weighted by Gasteiger charge is -2.09. The number of benzene rings is 2. The molecule has 2 nitrogen and oxygen atoms in total. The third-order valence-electron chi connectivity index (χ3n) is 2.86. The molecule has 2 aromatic carbocycles. The van der Waals surface area contributed by atoms with E-state index in [1.54, 1.807) is 6.07 Å². The molecule has 2 rings (SSSR count). The maximum atomic E-state index is 11.1. The molecule has 0 atom stereocenters. The van der Waals surface area contributed by atoms with Gasteiger partial charge in [-0.15, -0.1) is 0 Å². The van der Waals surface area contributed by atoms with E-state index in [0.29, 0.717) is 5.56 Å². The molecule has 2 heteroatoms. The first-order valence-corrected chi connectivity index (χ1v) is 5.70. The van der Waals surface area contributed by atoms with Crippen LogP contribution in [0, 0.1) is 0 Å². The highest BCUT2D eigenvalue weighted by Gasteiger charge is 2.07. The van der Waals surface area contributed by atoms with Crippen LogP contribution in [0.1, 0.15) is 22.8 Å². The minimum atomic E-state index is -0.376. The predicted octanol–water partition coefficient (Wildman–Crippen LogP) is 3.01. The first-order chi connectivity index (χ1) is 8.22. The lowest BCUT2D eigenvalue weighted by Crippen LogP contribution is -2.11. The second-order valence-electron chi connectivity index (χ2n) is 3.96. The highest BCUT2D eigenvalue weighted by molar-refractivity contribution is 5.93. The van der Waals surface area contributed by atoms with Crippen molar-refractivity contribution >= 4 is 5.91 Å². The van der Waals surface area contributed by atoms with Crippen molar-refractivity contribution in [2.75, 3.05) is 0 Å². The van der Waals surface area contributed by atoms with Gasteiger partial charge in [0.2, 0.25) is 5.91 Å². The van der Waals surface area contributed by atoms with E-state index in [1.807, 2.05) is 30.3 Å². The zero-order valence-electron chi connectivity index (χ0n) is 9.81.